The minimum absolute atomic E-state index is 0.416. The van der Waals surface area contributed by atoms with E-state index in [-0.39, 0.29) is 0 Å². The Morgan fingerprint density at radius 1 is 1.42 bits per heavy atom. The summed E-state index contributed by atoms with van der Waals surface area (Å²) < 4.78 is 0. The van der Waals surface area contributed by atoms with Crippen molar-refractivity contribution in [3.05, 3.63) is 21.9 Å². The number of aliphatic carboxylic acids is 1. The van der Waals surface area contributed by atoms with Gasteiger partial charge in [0.15, 0.2) is 0 Å². The highest BCUT2D eigenvalue weighted by Crippen LogP contribution is 2.33. The predicted octanol–water partition coefficient (Wildman–Crippen LogP) is 3.70. The van der Waals surface area contributed by atoms with Crippen LogP contribution in [0.25, 0.3) is 0 Å². The normalized spacial score (nSPS) is 19.3. The molecular formula is C15H23NO2S. The highest BCUT2D eigenvalue weighted by atomic mass is 32.1. The van der Waals surface area contributed by atoms with Gasteiger partial charge in [-0.2, -0.15) is 0 Å². The van der Waals surface area contributed by atoms with Crippen molar-refractivity contribution in [1.82, 2.24) is 4.90 Å². The largest absolute Gasteiger partial charge is 0.480 e. The lowest BCUT2D eigenvalue weighted by Crippen LogP contribution is -2.39. The molecule has 4 heteroatoms. The molecule has 0 saturated carbocycles. The fourth-order valence-corrected chi connectivity index (χ4v) is 3.72. The Morgan fingerprint density at radius 3 is 2.95 bits per heavy atom. The van der Waals surface area contributed by atoms with Gasteiger partial charge in [0.2, 0.25) is 0 Å². The van der Waals surface area contributed by atoms with Crippen LogP contribution < -0.4 is 0 Å². The molecule has 19 heavy (non-hydrogen) atoms. The van der Waals surface area contributed by atoms with Crippen LogP contribution in [0.4, 0.5) is 0 Å². The van der Waals surface area contributed by atoms with Crippen LogP contribution >= 0.6 is 11.3 Å². The number of carboxylic acid groups (broad SMARTS) is 1. The second-order valence-electron chi connectivity index (χ2n) is 5.24. The monoisotopic (exact) mass is 281 g/mol. The van der Waals surface area contributed by atoms with Gasteiger partial charge in [-0.25, -0.2) is 0 Å². The summed E-state index contributed by atoms with van der Waals surface area (Å²) in [5.74, 6) is -0.701. The van der Waals surface area contributed by atoms with Crippen molar-refractivity contribution in [3.8, 4) is 0 Å². The van der Waals surface area contributed by atoms with Gasteiger partial charge in [-0.15, -0.1) is 11.3 Å². The van der Waals surface area contributed by atoms with Crippen LogP contribution in [-0.2, 0) is 11.2 Å². The van der Waals surface area contributed by atoms with E-state index in [1.165, 1.54) is 30.6 Å². The number of rotatable bonds is 7. The Bertz CT molecular complexity index is 416. The van der Waals surface area contributed by atoms with E-state index in [1.54, 1.807) is 11.3 Å². The van der Waals surface area contributed by atoms with Crippen molar-refractivity contribution in [2.75, 3.05) is 13.1 Å². The van der Waals surface area contributed by atoms with Gasteiger partial charge in [-0.3, -0.25) is 9.69 Å². The molecule has 0 bridgehead atoms. The molecule has 1 N–H and O–H groups in total. The van der Waals surface area contributed by atoms with Gasteiger partial charge in [0, 0.05) is 11.4 Å². The Morgan fingerprint density at radius 2 is 2.21 bits per heavy atom. The maximum Gasteiger partial charge on any atom is 0.325 e. The van der Waals surface area contributed by atoms with Crippen LogP contribution in [-0.4, -0.2) is 29.1 Å². The van der Waals surface area contributed by atoms with Crippen LogP contribution in [0.2, 0.25) is 0 Å². The van der Waals surface area contributed by atoms with Crippen LogP contribution in [0, 0.1) is 0 Å². The SMILES string of the molecule is CCCCCCCN1CCc2sccc2C1C(=O)O. The first-order valence-corrected chi connectivity index (χ1v) is 8.15. The first-order chi connectivity index (χ1) is 9.24. The summed E-state index contributed by atoms with van der Waals surface area (Å²) in [6.07, 6.45) is 7.14. The van der Waals surface area contributed by atoms with Gasteiger partial charge in [-0.05, 0) is 36.4 Å². The molecule has 0 radical (unpaired) electrons. The van der Waals surface area contributed by atoms with Crippen LogP contribution in [0.1, 0.15) is 55.5 Å². The summed E-state index contributed by atoms with van der Waals surface area (Å²) in [5.41, 5.74) is 1.03. The number of hydrogen-bond donors (Lipinski definition) is 1. The molecule has 1 atom stereocenters. The number of nitrogens with zero attached hydrogens (tertiary/aromatic N) is 1. The molecule has 3 nitrogen and oxygen atoms in total. The van der Waals surface area contributed by atoms with Crippen molar-refractivity contribution >= 4 is 17.3 Å². The topological polar surface area (TPSA) is 40.5 Å². The van der Waals surface area contributed by atoms with E-state index in [0.29, 0.717) is 0 Å². The highest BCUT2D eigenvalue weighted by Gasteiger charge is 2.33. The first kappa shape index (κ1) is 14.5. The van der Waals surface area contributed by atoms with E-state index in [0.717, 1.165) is 31.5 Å². The lowest BCUT2D eigenvalue weighted by molar-refractivity contribution is -0.144. The average molecular weight is 281 g/mol. The molecule has 1 aliphatic heterocycles. The minimum Gasteiger partial charge on any atom is -0.480 e. The van der Waals surface area contributed by atoms with E-state index in [9.17, 15) is 9.90 Å². The fraction of sp³-hybridized carbons (Fsp3) is 0.667. The van der Waals surface area contributed by atoms with Gasteiger partial charge in [0.25, 0.3) is 0 Å². The van der Waals surface area contributed by atoms with Crippen molar-refractivity contribution < 1.29 is 9.90 Å². The molecule has 1 aliphatic rings. The standard InChI is InChI=1S/C15H23NO2S/c1-2-3-4-5-6-9-16-10-7-13-12(8-11-19-13)14(16)15(17)18/h8,11,14H,2-7,9-10H2,1H3,(H,17,18). The number of hydrogen-bond acceptors (Lipinski definition) is 3. The quantitative estimate of drug-likeness (QED) is 0.775. The van der Waals surface area contributed by atoms with Gasteiger partial charge >= 0.3 is 5.97 Å². The van der Waals surface area contributed by atoms with Crippen molar-refractivity contribution in [2.24, 2.45) is 0 Å². The highest BCUT2D eigenvalue weighted by molar-refractivity contribution is 7.10. The Kier molecular flexibility index (Phi) is 5.40. The molecule has 1 aromatic heterocycles. The van der Waals surface area contributed by atoms with Crippen LogP contribution in [0.5, 0.6) is 0 Å². The minimum atomic E-state index is -0.701. The van der Waals surface area contributed by atoms with Gasteiger partial charge in [0.05, 0.1) is 0 Å². The molecular weight excluding hydrogens is 258 g/mol. The lowest BCUT2D eigenvalue weighted by atomic mass is 9.99. The zero-order valence-electron chi connectivity index (χ0n) is 11.6. The molecule has 1 aromatic rings. The van der Waals surface area contributed by atoms with Crippen molar-refractivity contribution in [3.63, 3.8) is 0 Å². The van der Waals surface area contributed by atoms with E-state index in [1.807, 2.05) is 11.4 Å². The molecule has 106 valence electrons. The molecule has 0 fully saturated rings. The van der Waals surface area contributed by atoms with E-state index in [4.69, 9.17) is 0 Å². The second kappa shape index (κ2) is 7.06. The summed E-state index contributed by atoms with van der Waals surface area (Å²) >= 11 is 1.69. The average Bonchev–Trinajstić information content (AvgIpc) is 2.85. The maximum absolute atomic E-state index is 11.5. The van der Waals surface area contributed by atoms with E-state index in [2.05, 4.69) is 11.8 Å². The van der Waals surface area contributed by atoms with Crippen molar-refractivity contribution in [1.29, 1.82) is 0 Å². The summed E-state index contributed by atoms with van der Waals surface area (Å²) in [5, 5.41) is 11.5. The number of fused-ring (bicyclic) bond motifs is 1. The molecule has 0 saturated heterocycles. The Labute approximate surface area is 119 Å². The molecule has 2 rings (SSSR count). The Balaban J connectivity index is 1.92. The molecule has 0 amide bonds. The summed E-state index contributed by atoms with van der Waals surface area (Å²) in [4.78, 5) is 14.9. The van der Waals surface area contributed by atoms with Crippen molar-refractivity contribution in [2.45, 2.75) is 51.5 Å². The van der Waals surface area contributed by atoms with E-state index < -0.39 is 12.0 Å². The molecule has 0 aliphatic carbocycles. The number of thiophene rings is 1. The first-order valence-electron chi connectivity index (χ1n) is 7.27. The Hall–Kier alpha value is -0.870. The summed E-state index contributed by atoms with van der Waals surface area (Å²) in [6.45, 7) is 4.01. The van der Waals surface area contributed by atoms with Crippen LogP contribution in [0.3, 0.4) is 0 Å². The third kappa shape index (κ3) is 3.57. The summed E-state index contributed by atoms with van der Waals surface area (Å²) in [6, 6.07) is 1.57. The number of carbonyl (C=O) groups is 1. The maximum atomic E-state index is 11.5. The third-order valence-corrected chi connectivity index (χ3v) is 4.84. The third-order valence-electron chi connectivity index (χ3n) is 3.85. The van der Waals surface area contributed by atoms with Gasteiger partial charge in [0.1, 0.15) is 6.04 Å². The molecule has 0 aromatic carbocycles. The lowest BCUT2D eigenvalue weighted by Gasteiger charge is -2.33. The number of unbranched alkanes of at least 4 members (excludes halogenated alkanes) is 4. The second-order valence-corrected chi connectivity index (χ2v) is 6.24. The zero-order valence-corrected chi connectivity index (χ0v) is 12.4. The number of carboxylic acids is 1. The molecule has 2 heterocycles. The molecule has 0 spiro atoms. The summed E-state index contributed by atoms with van der Waals surface area (Å²) in [7, 11) is 0. The smallest absolute Gasteiger partial charge is 0.325 e. The van der Waals surface area contributed by atoms with E-state index >= 15 is 0 Å². The van der Waals surface area contributed by atoms with Crippen LogP contribution in [0.15, 0.2) is 11.4 Å². The van der Waals surface area contributed by atoms with Gasteiger partial charge in [-0.1, -0.05) is 32.6 Å². The van der Waals surface area contributed by atoms with Gasteiger partial charge < -0.3 is 5.11 Å². The zero-order chi connectivity index (χ0) is 13.7. The molecule has 1 unspecified atom stereocenters. The predicted molar refractivity (Wildman–Crippen MR) is 78.7 cm³/mol. The fourth-order valence-electron chi connectivity index (χ4n) is 2.82.